The molecule has 0 aromatic heterocycles. The Kier molecular flexibility index (Phi) is 7.03. The number of carbonyl (C=O) groups is 2. The predicted octanol–water partition coefficient (Wildman–Crippen LogP) is 2.50. The molecule has 0 spiro atoms. The van der Waals surface area contributed by atoms with Gasteiger partial charge in [-0.05, 0) is 49.9 Å². The zero-order valence-corrected chi connectivity index (χ0v) is 14.1. The standard InChI is InChI=1S/C18H25FN2O3/c1-2-17(22)21-12-4-3-6-16(21)18(23)20-11-5-13-24-15-9-7-14(19)8-10-15/h7-10,16H,2-6,11-13H2,1H3,(H,20,23). The highest BCUT2D eigenvalue weighted by molar-refractivity contribution is 5.87. The second-order valence-corrected chi connectivity index (χ2v) is 5.90. The lowest BCUT2D eigenvalue weighted by Gasteiger charge is -2.34. The van der Waals surface area contributed by atoms with Crippen molar-refractivity contribution in [3.8, 4) is 5.75 Å². The molecule has 1 heterocycles. The van der Waals surface area contributed by atoms with Crippen molar-refractivity contribution in [1.82, 2.24) is 10.2 Å². The number of amides is 2. The molecule has 1 saturated heterocycles. The van der Waals surface area contributed by atoms with Gasteiger partial charge in [-0.25, -0.2) is 4.39 Å². The fraction of sp³-hybridized carbons (Fsp3) is 0.556. The third kappa shape index (κ3) is 5.22. The van der Waals surface area contributed by atoms with Crippen LogP contribution in [0.1, 0.15) is 39.0 Å². The Bertz CT molecular complexity index is 548. The van der Waals surface area contributed by atoms with Crippen LogP contribution in [0.4, 0.5) is 4.39 Å². The van der Waals surface area contributed by atoms with Crippen LogP contribution in [0.15, 0.2) is 24.3 Å². The van der Waals surface area contributed by atoms with Gasteiger partial charge in [0.05, 0.1) is 6.61 Å². The number of piperidine rings is 1. The summed E-state index contributed by atoms with van der Waals surface area (Å²) in [5.74, 6) is 0.260. The van der Waals surface area contributed by atoms with Crippen LogP contribution in [-0.2, 0) is 9.59 Å². The van der Waals surface area contributed by atoms with E-state index in [0.717, 1.165) is 19.3 Å². The molecule has 1 aliphatic heterocycles. The van der Waals surface area contributed by atoms with Crippen molar-refractivity contribution in [2.24, 2.45) is 0 Å². The highest BCUT2D eigenvalue weighted by atomic mass is 19.1. The molecular weight excluding hydrogens is 311 g/mol. The van der Waals surface area contributed by atoms with E-state index in [0.29, 0.717) is 38.3 Å². The van der Waals surface area contributed by atoms with Gasteiger partial charge in [0.25, 0.3) is 0 Å². The molecule has 5 nitrogen and oxygen atoms in total. The van der Waals surface area contributed by atoms with Gasteiger partial charge < -0.3 is 15.0 Å². The highest BCUT2D eigenvalue weighted by Crippen LogP contribution is 2.18. The first-order valence-corrected chi connectivity index (χ1v) is 8.57. The topological polar surface area (TPSA) is 58.6 Å². The van der Waals surface area contributed by atoms with E-state index >= 15 is 0 Å². The Morgan fingerprint density at radius 2 is 2.04 bits per heavy atom. The molecule has 0 bridgehead atoms. The van der Waals surface area contributed by atoms with Crippen LogP contribution in [0.5, 0.6) is 5.75 Å². The van der Waals surface area contributed by atoms with Gasteiger partial charge in [-0.3, -0.25) is 9.59 Å². The molecule has 1 aromatic carbocycles. The van der Waals surface area contributed by atoms with Gasteiger partial charge >= 0.3 is 0 Å². The van der Waals surface area contributed by atoms with E-state index in [1.807, 2.05) is 6.92 Å². The number of nitrogens with one attached hydrogen (secondary N) is 1. The first kappa shape index (κ1) is 18.2. The van der Waals surface area contributed by atoms with Crippen LogP contribution >= 0.6 is 0 Å². The van der Waals surface area contributed by atoms with Crippen LogP contribution in [-0.4, -0.2) is 42.5 Å². The van der Waals surface area contributed by atoms with Crippen molar-refractivity contribution in [2.75, 3.05) is 19.7 Å². The maximum absolute atomic E-state index is 12.8. The molecule has 24 heavy (non-hydrogen) atoms. The van der Waals surface area contributed by atoms with Crippen molar-refractivity contribution in [3.05, 3.63) is 30.1 Å². The number of halogens is 1. The summed E-state index contributed by atoms with van der Waals surface area (Å²) in [6, 6.07) is 5.50. The first-order valence-electron chi connectivity index (χ1n) is 8.57. The Hall–Kier alpha value is -2.11. The Labute approximate surface area is 142 Å². The zero-order chi connectivity index (χ0) is 17.4. The lowest BCUT2D eigenvalue weighted by Crippen LogP contribution is -2.52. The second kappa shape index (κ2) is 9.25. The normalized spacial score (nSPS) is 17.4. The fourth-order valence-electron chi connectivity index (χ4n) is 2.83. The third-order valence-electron chi connectivity index (χ3n) is 4.13. The minimum absolute atomic E-state index is 0.0366. The molecule has 0 aliphatic carbocycles. The van der Waals surface area contributed by atoms with Crippen molar-refractivity contribution in [1.29, 1.82) is 0 Å². The highest BCUT2D eigenvalue weighted by Gasteiger charge is 2.30. The van der Waals surface area contributed by atoms with Crippen molar-refractivity contribution >= 4 is 11.8 Å². The molecule has 1 fully saturated rings. The van der Waals surface area contributed by atoms with E-state index in [1.165, 1.54) is 12.1 Å². The molecule has 2 rings (SSSR count). The first-order chi connectivity index (χ1) is 11.6. The Balaban J connectivity index is 1.70. The molecule has 6 heteroatoms. The number of likely N-dealkylation sites (tertiary alicyclic amines) is 1. The van der Waals surface area contributed by atoms with Crippen LogP contribution in [0, 0.1) is 5.82 Å². The lowest BCUT2D eigenvalue weighted by molar-refractivity contribution is -0.142. The average Bonchev–Trinajstić information content (AvgIpc) is 2.62. The van der Waals surface area contributed by atoms with Crippen LogP contribution < -0.4 is 10.1 Å². The number of benzene rings is 1. The molecule has 0 radical (unpaired) electrons. The number of hydrogen-bond acceptors (Lipinski definition) is 3. The Morgan fingerprint density at radius 1 is 1.29 bits per heavy atom. The van der Waals surface area contributed by atoms with Crippen molar-refractivity contribution in [3.63, 3.8) is 0 Å². The van der Waals surface area contributed by atoms with Gasteiger partial charge in [-0.15, -0.1) is 0 Å². The summed E-state index contributed by atoms with van der Waals surface area (Å²) in [6.45, 7) is 3.41. The van der Waals surface area contributed by atoms with Crippen LogP contribution in [0.3, 0.4) is 0 Å². The second-order valence-electron chi connectivity index (χ2n) is 5.90. The van der Waals surface area contributed by atoms with Gasteiger partial charge in [-0.2, -0.15) is 0 Å². The van der Waals surface area contributed by atoms with Crippen molar-refractivity contribution < 1.29 is 18.7 Å². The van der Waals surface area contributed by atoms with Gasteiger partial charge in [-0.1, -0.05) is 6.92 Å². The van der Waals surface area contributed by atoms with E-state index in [-0.39, 0.29) is 23.7 Å². The van der Waals surface area contributed by atoms with Gasteiger partial charge in [0, 0.05) is 19.5 Å². The molecule has 1 N–H and O–H groups in total. The van der Waals surface area contributed by atoms with Gasteiger partial charge in [0.2, 0.25) is 11.8 Å². The third-order valence-corrected chi connectivity index (χ3v) is 4.13. The molecule has 132 valence electrons. The van der Waals surface area contributed by atoms with Crippen molar-refractivity contribution in [2.45, 2.75) is 45.1 Å². The summed E-state index contributed by atoms with van der Waals surface area (Å²) in [4.78, 5) is 26.0. The zero-order valence-electron chi connectivity index (χ0n) is 14.1. The molecule has 1 atom stereocenters. The van der Waals surface area contributed by atoms with Crippen LogP contribution in [0.2, 0.25) is 0 Å². The number of carbonyl (C=O) groups excluding carboxylic acids is 2. The Morgan fingerprint density at radius 3 is 2.75 bits per heavy atom. The fourth-order valence-corrected chi connectivity index (χ4v) is 2.83. The summed E-state index contributed by atoms with van der Waals surface area (Å²) in [5.41, 5.74) is 0. The number of rotatable bonds is 7. The summed E-state index contributed by atoms with van der Waals surface area (Å²) in [6.07, 6.45) is 3.73. The lowest BCUT2D eigenvalue weighted by atomic mass is 10.0. The van der Waals surface area contributed by atoms with E-state index in [9.17, 15) is 14.0 Å². The van der Waals surface area contributed by atoms with Gasteiger partial charge in [0.1, 0.15) is 17.6 Å². The summed E-state index contributed by atoms with van der Waals surface area (Å²) >= 11 is 0. The molecule has 1 aliphatic rings. The SMILES string of the molecule is CCC(=O)N1CCCCC1C(=O)NCCCOc1ccc(F)cc1. The summed E-state index contributed by atoms with van der Waals surface area (Å²) in [5, 5.41) is 2.88. The van der Waals surface area contributed by atoms with E-state index < -0.39 is 0 Å². The minimum atomic E-state index is -0.343. The van der Waals surface area contributed by atoms with E-state index in [1.54, 1.807) is 17.0 Å². The smallest absolute Gasteiger partial charge is 0.242 e. The maximum Gasteiger partial charge on any atom is 0.242 e. The largest absolute Gasteiger partial charge is 0.494 e. The average molecular weight is 336 g/mol. The van der Waals surface area contributed by atoms with E-state index in [4.69, 9.17) is 4.74 Å². The number of hydrogen-bond donors (Lipinski definition) is 1. The molecule has 0 saturated carbocycles. The quantitative estimate of drug-likeness (QED) is 0.778. The summed E-state index contributed by atoms with van der Waals surface area (Å²) < 4.78 is 18.3. The summed E-state index contributed by atoms with van der Waals surface area (Å²) in [7, 11) is 0. The molecular formula is C18H25FN2O3. The van der Waals surface area contributed by atoms with Crippen LogP contribution in [0.25, 0.3) is 0 Å². The van der Waals surface area contributed by atoms with Gasteiger partial charge in [0.15, 0.2) is 0 Å². The molecule has 1 aromatic rings. The van der Waals surface area contributed by atoms with E-state index in [2.05, 4.69) is 5.32 Å². The monoisotopic (exact) mass is 336 g/mol. The number of ether oxygens (including phenoxy) is 1. The maximum atomic E-state index is 12.8. The minimum Gasteiger partial charge on any atom is -0.494 e. The predicted molar refractivity (Wildman–Crippen MR) is 89.2 cm³/mol. The molecule has 2 amide bonds. The number of nitrogens with zero attached hydrogens (tertiary/aromatic N) is 1. The molecule has 1 unspecified atom stereocenters.